The number of hydrogen-bond donors (Lipinski definition) is 1. The number of rotatable bonds is 9. The highest BCUT2D eigenvalue weighted by Crippen LogP contribution is 2.69. The molecule has 36 heavy (non-hydrogen) atoms. The maximum atomic E-state index is 13.5. The van der Waals surface area contributed by atoms with Crippen LogP contribution in [0, 0.1) is 23.7 Å². The molecule has 5 atom stereocenters. The van der Waals surface area contributed by atoms with Crippen LogP contribution in [0.2, 0.25) is 0 Å². The molecule has 1 N–H and O–H groups in total. The Labute approximate surface area is 210 Å². The van der Waals surface area contributed by atoms with Crippen LogP contribution in [0.5, 0.6) is 0 Å². The molecule has 4 fully saturated rings. The molecule has 7 nitrogen and oxygen atoms in total. The second kappa shape index (κ2) is 9.60. The molecule has 4 aliphatic rings. The van der Waals surface area contributed by atoms with E-state index in [9.17, 15) is 26.4 Å². The molecule has 3 saturated carbocycles. The molecule has 1 amide bonds. The second-order valence-electron chi connectivity index (χ2n) is 11.5. The van der Waals surface area contributed by atoms with Crippen LogP contribution in [-0.4, -0.2) is 66.7 Å². The minimum atomic E-state index is -4.12. The van der Waals surface area contributed by atoms with Gasteiger partial charge in [0, 0.05) is 24.9 Å². The van der Waals surface area contributed by atoms with Crippen molar-refractivity contribution in [3.63, 3.8) is 0 Å². The number of amides is 1. The van der Waals surface area contributed by atoms with Crippen molar-refractivity contribution in [1.82, 2.24) is 15.4 Å². The normalized spacial score (nSPS) is 32.9. The van der Waals surface area contributed by atoms with Crippen LogP contribution in [0.15, 0.2) is 10.6 Å². The molecule has 0 bridgehead atoms. The smallest absolute Gasteiger partial charge is 0.361 e. The maximum absolute atomic E-state index is 13.5. The van der Waals surface area contributed by atoms with Crippen molar-refractivity contribution >= 4 is 15.7 Å². The van der Waals surface area contributed by atoms with Crippen LogP contribution in [0.4, 0.5) is 13.2 Å². The van der Waals surface area contributed by atoms with Gasteiger partial charge in [-0.15, -0.1) is 0 Å². The zero-order valence-corrected chi connectivity index (χ0v) is 21.5. The quantitative estimate of drug-likeness (QED) is 0.518. The van der Waals surface area contributed by atoms with Gasteiger partial charge < -0.3 is 14.7 Å². The summed E-state index contributed by atoms with van der Waals surface area (Å²) < 4.78 is 68.7. The van der Waals surface area contributed by atoms with Gasteiger partial charge in [0.05, 0.1) is 10.5 Å². The van der Waals surface area contributed by atoms with Gasteiger partial charge in [-0.3, -0.25) is 4.79 Å². The summed E-state index contributed by atoms with van der Waals surface area (Å²) in [5, 5.41) is 6.92. The van der Waals surface area contributed by atoms with Crippen LogP contribution in [0.3, 0.4) is 0 Å². The van der Waals surface area contributed by atoms with Gasteiger partial charge in [0.1, 0.15) is 5.76 Å². The van der Waals surface area contributed by atoms with Gasteiger partial charge in [0.25, 0.3) is 5.91 Å². The van der Waals surface area contributed by atoms with E-state index in [1.165, 1.54) is 0 Å². The van der Waals surface area contributed by atoms with Gasteiger partial charge in [0.15, 0.2) is 15.5 Å². The van der Waals surface area contributed by atoms with E-state index in [1.54, 1.807) is 6.07 Å². The Kier molecular flexibility index (Phi) is 6.93. The van der Waals surface area contributed by atoms with Crippen LogP contribution in [0.25, 0.3) is 0 Å². The summed E-state index contributed by atoms with van der Waals surface area (Å²) in [5.74, 6) is 1.59. The summed E-state index contributed by atoms with van der Waals surface area (Å²) in [4.78, 5) is 14.6. The number of hydrogen-bond acceptors (Lipinski definition) is 6. The summed E-state index contributed by atoms with van der Waals surface area (Å²) in [6.07, 6.45) is 0.326. The number of alkyl halides is 3. The zero-order valence-electron chi connectivity index (χ0n) is 20.7. The summed E-state index contributed by atoms with van der Waals surface area (Å²) in [5.41, 5.74) is 0.291. The predicted molar refractivity (Wildman–Crippen MR) is 127 cm³/mol. The predicted octanol–water partition coefficient (Wildman–Crippen LogP) is 3.99. The molecule has 1 aliphatic heterocycles. The topological polar surface area (TPSA) is 92.5 Å². The van der Waals surface area contributed by atoms with Gasteiger partial charge in [-0.1, -0.05) is 12.1 Å². The molecule has 1 aromatic heterocycles. The molecular formula is C25H36F3N3O4S. The summed E-state index contributed by atoms with van der Waals surface area (Å²) >= 11 is 0. The van der Waals surface area contributed by atoms with E-state index in [0.29, 0.717) is 62.2 Å². The first kappa shape index (κ1) is 26.0. The van der Waals surface area contributed by atoms with Crippen LogP contribution >= 0.6 is 0 Å². The summed E-state index contributed by atoms with van der Waals surface area (Å²) in [7, 11) is -3.24. The first-order chi connectivity index (χ1) is 17.0. The average Bonchev–Trinajstić information content (AvgIpc) is 3.25. The largest absolute Gasteiger partial charge is 0.389 e. The third-order valence-electron chi connectivity index (χ3n) is 9.20. The van der Waals surface area contributed by atoms with Crippen molar-refractivity contribution in [2.45, 2.75) is 81.7 Å². The Morgan fingerprint density at radius 2 is 1.89 bits per heavy atom. The van der Waals surface area contributed by atoms with Crippen molar-refractivity contribution in [2.24, 2.45) is 23.7 Å². The second-order valence-corrected chi connectivity index (χ2v) is 13.9. The first-order valence-electron chi connectivity index (χ1n) is 13.3. The van der Waals surface area contributed by atoms with E-state index >= 15 is 0 Å². The van der Waals surface area contributed by atoms with Gasteiger partial charge in [-0.05, 0) is 88.3 Å². The molecule has 3 unspecified atom stereocenters. The number of sulfone groups is 1. The Bertz CT molecular complexity index is 1050. The number of aryl methyl sites for hydroxylation is 1. The molecule has 3 aliphatic carbocycles. The number of likely N-dealkylation sites (tertiary alicyclic amines) is 1. The lowest BCUT2D eigenvalue weighted by Gasteiger charge is -2.70. The molecule has 0 spiro atoms. The third kappa shape index (κ3) is 4.93. The Morgan fingerprint density at radius 3 is 2.47 bits per heavy atom. The fraction of sp³-hybridized carbons (Fsp3) is 0.840. The van der Waals surface area contributed by atoms with Crippen molar-refractivity contribution < 1.29 is 30.9 Å². The Morgan fingerprint density at radius 1 is 1.22 bits per heavy atom. The van der Waals surface area contributed by atoms with Crippen LogP contribution < -0.4 is 5.32 Å². The summed E-state index contributed by atoms with van der Waals surface area (Å²) in [6, 6.07) is 1.70. The van der Waals surface area contributed by atoms with E-state index in [-0.39, 0.29) is 36.0 Å². The highest BCUT2D eigenvalue weighted by Gasteiger charge is 2.72. The number of nitrogens with zero attached hydrogens (tertiary/aromatic N) is 2. The number of carbonyl (C=O) groups excluding carboxylic acids is 1. The number of piperidine rings is 1. The van der Waals surface area contributed by atoms with Crippen LogP contribution in [0.1, 0.15) is 74.5 Å². The highest BCUT2D eigenvalue weighted by molar-refractivity contribution is 7.92. The molecular weight excluding hydrogens is 495 g/mol. The van der Waals surface area contributed by atoms with E-state index in [1.807, 2.05) is 11.8 Å². The fourth-order valence-electron chi connectivity index (χ4n) is 7.49. The summed E-state index contributed by atoms with van der Waals surface area (Å²) in [6.45, 7) is 3.70. The van der Waals surface area contributed by atoms with Crippen molar-refractivity contribution in [2.75, 3.05) is 25.4 Å². The van der Waals surface area contributed by atoms with Crippen molar-refractivity contribution in [3.8, 4) is 0 Å². The zero-order chi connectivity index (χ0) is 25.7. The van der Waals surface area contributed by atoms with E-state index in [4.69, 9.17) is 4.52 Å². The maximum Gasteiger partial charge on any atom is 0.389 e. The van der Waals surface area contributed by atoms with Crippen molar-refractivity contribution in [3.05, 3.63) is 17.5 Å². The number of aromatic nitrogens is 1. The van der Waals surface area contributed by atoms with Crippen LogP contribution in [-0.2, 0) is 16.3 Å². The highest BCUT2D eigenvalue weighted by atomic mass is 32.2. The van der Waals surface area contributed by atoms with Crippen molar-refractivity contribution in [1.29, 1.82) is 0 Å². The van der Waals surface area contributed by atoms with Gasteiger partial charge in [0.2, 0.25) is 0 Å². The Hall–Kier alpha value is -1.62. The molecule has 1 saturated heterocycles. The molecule has 202 valence electrons. The molecule has 1 aromatic rings. The van der Waals surface area contributed by atoms with E-state index in [0.717, 1.165) is 25.7 Å². The molecule has 0 aromatic carbocycles. The molecule has 11 heteroatoms. The Balaban J connectivity index is 1.09. The minimum absolute atomic E-state index is 0.0354. The number of carbonyl (C=O) groups is 1. The first-order valence-corrected chi connectivity index (χ1v) is 14.9. The third-order valence-corrected chi connectivity index (χ3v) is 12.0. The van der Waals surface area contributed by atoms with E-state index in [2.05, 4.69) is 10.5 Å². The van der Waals surface area contributed by atoms with Gasteiger partial charge >= 0.3 is 6.18 Å². The molecule has 0 radical (unpaired) electrons. The lowest BCUT2D eigenvalue weighted by atomic mass is 9.42. The standard InChI is InChI=1S/C25H36F3N3O4S/c1-2-20-12-21(30-35-20)23(32)29-19-10-17-13-24(14-18(11-19)22(17)24)36(33,34)15-16-4-8-31(9-5-16)7-3-6-25(26,27)28/h12,16-19,22H,2-11,13-15H2,1H3,(H,29,32)/t17-,18+,19?,22?,24?. The SMILES string of the molecule is CCc1cc(C(=O)NC2C[C@@H]3CC4(S(=O)(=O)CC5CCN(CCCC(F)(F)F)CC5)C[C@H](C2)C34)no1. The lowest BCUT2D eigenvalue weighted by molar-refractivity contribution is -0.136. The van der Waals surface area contributed by atoms with Gasteiger partial charge in [-0.25, -0.2) is 8.42 Å². The fourth-order valence-corrected chi connectivity index (χ4v) is 10.5. The van der Waals surface area contributed by atoms with E-state index < -0.39 is 27.2 Å². The van der Waals surface area contributed by atoms with Gasteiger partial charge in [-0.2, -0.15) is 13.2 Å². The average molecular weight is 532 g/mol. The number of halogens is 3. The molecule has 2 heterocycles. The minimum Gasteiger partial charge on any atom is -0.361 e. The lowest BCUT2D eigenvalue weighted by Crippen LogP contribution is -2.73. The molecule has 5 rings (SSSR count). The monoisotopic (exact) mass is 531 g/mol. The number of nitrogens with one attached hydrogen (secondary N) is 1.